The smallest absolute Gasteiger partial charge is 0.343 e. The molecule has 0 amide bonds. The minimum Gasteiger partial charge on any atom is -0.493 e. The Hall–Kier alpha value is -2.45. The quantitative estimate of drug-likeness (QED) is 0.413. The van der Waals surface area contributed by atoms with E-state index in [1.165, 1.54) is 45.2 Å². The van der Waals surface area contributed by atoms with Crippen LogP contribution in [-0.4, -0.2) is 33.1 Å². The van der Waals surface area contributed by atoms with Gasteiger partial charge in [-0.05, 0) is 41.8 Å². The van der Waals surface area contributed by atoms with Gasteiger partial charge in [0.2, 0.25) is 5.75 Å². The lowest BCUT2D eigenvalue weighted by atomic mass is 9.79. The number of rotatable bonds is 7. The van der Waals surface area contributed by atoms with Gasteiger partial charge in [-0.15, -0.1) is 0 Å². The van der Waals surface area contributed by atoms with Crippen LogP contribution in [0.4, 0.5) is 0 Å². The lowest BCUT2D eigenvalue weighted by Gasteiger charge is -2.31. The van der Waals surface area contributed by atoms with Crippen molar-refractivity contribution >= 4 is 39.4 Å². The molecule has 170 valence electrons. The first-order valence-corrected chi connectivity index (χ1v) is 11.5. The van der Waals surface area contributed by atoms with Crippen molar-refractivity contribution in [2.24, 2.45) is 5.41 Å². The molecule has 0 fully saturated rings. The second-order valence-corrected chi connectivity index (χ2v) is 10.1. The zero-order chi connectivity index (χ0) is 23.5. The van der Waals surface area contributed by atoms with Gasteiger partial charge in [-0.1, -0.05) is 41.5 Å². The van der Waals surface area contributed by atoms with E-state index in [9.17, 15) is 9.59 Å². The minimum absolute atomic E-state index is 0.0399. The molecule has 0 N–H and O–H groups in total. The number of thioether (sulfide) groups is 1. The highest BCUT2D eigenvalue weighted by atomic mass is 79.9. The van der Waals surface area contributed by atoms with Gasteiger partial charge in [-0.25, -0.2) is 4.79 Å². The molecule has 0 saturated carbocycles. The molecular formula is C24H25BrO6S. The van der Waals surface area contributed by atoms with Crippen molar-refractivity contribution in [3.8, 4) is 17.2 Å². The molecular weight excluding hydrogens is 496 g/mol. The summed E-state index contributed by atoms with van der Waals surface area (Å²) >= 11 is 4.73. The summed E-state index contributed by atoms with van der Waals surface area (Å²) in [6, 6.07) is 10.7. The summed E-state index contributed by atoms with van der Waals surface area (Å²) in [4.78, 5) is 27.4. The molecule has 1 aliphatic carbocycles. The predicted molar refractivity (Wildman–Crippen MR) is 127 cm³/mol. The van der Waals surface area contributed by atoms with Crippen molar-refractivity contribution in [3.63, 3.8) is 0 Å². The zero-order valence-corrected chi connectivity index (χ0v) is 21.0. The van der Waals surface area contributed by atoms with Crippen molar-refractivity contribution < 1.29 is 28.5 Å². The Labute approximate surface area is 200 Å². The van der Waals surface area contributed by atoms with E-state index in [1.807, 2.05) is 38.1 Å². The maximum Gasteiger partial charge on any atom is 0.343 e. The summed E-state index contributed by atoms with van der Waals surface area (Å²) in [5.74, 6) is 0.805. The van der Waals surface area contributed by atoms with E-state index in [4.69, 9.17) is 18.9 Å². The Bertz CT molecular complexity index is 1030. The maximum atomic E-state index is 13.1. The molecule has 3 rings (SSSR count). The number of ether oxygens (including phenoxy) is 4. The van der Waals surface area contributed by atoms with Crippen LogP contribution in [0.5, 0.6) is 17.2 Å². The highest BCUT2D eigenvalue weighted by Crippen LogP contribution is 2.44. The second-order valence-electron chi connectivity index (χ2n) is 8.05. The average Bonchev–Trinajstić information content (AvgIpc) is 2.75. The van der Waals surface area contributed by atoms with Crippen LogP contribution in [0, 0.1) is 5.41 Å². The van der Waals surface area contributed by atoms with E-state index < -0.39 is 5.97 Å². The third-order valence-corrected chi connectivity index (χ3v) is 6.63. The maximum absolute atomic E-state index is 13.1. The first-order valence-electron chi connectivity index (χ1n) is 9.89. The lowest BCUT2D eigenvalue weighted by Crippen LogP contribution is -2.26. The molecule has 8 heteroatoms. The van der Waals surface area contributed by atoms with Gasteiger partial charge in [-0.3, -0.25) is 4.79 Å². The van der Waals surface area contributed by atoms with Gasteiger partial charge in [0.25, 0.3) is 0 Å². The Morgan fingerprint density at radius 3 is 2.09 bits per heavy atom. The Kier molecular flexibility index (Phi) is 7.56. The van der Waals surface area contributed by atoms with Crippen molar-refractivity contribution in [1.29, 1.82) is 0 Å². The Morgan fingerprint density at radius 1 is 0.969 bits per heavy atom. The normalized spacial score (nSPS) is 15.4. The molecule has 0 aromatic heterocycles. The standard InChI is InChI=1S/C24H25BrO6S/c1-24(2)12-17(26)22(32-16-8-6-15(25)7-9-16)20(13-24)31-23(27)14-10-18(28-3)21(30-5)19(11-14)29-4/h6-11H,12-13H2,1-5H3. The molecule has 0 aliphatic heterocycles. The van der Waals surface area contributed by atoms with Gasteiger partial charge in [-0.2, -0.15) is 0 Å². The largest absolute Gasteiger partial charge is 0.493 e. The van der Waals surface area contributed by atoms with Crippen molar-refractivity contribution in [2.75, 3.05) is 21.3 Å². The molecule has 0 unspecified atom stereocenters. The first kappa shape index (κ1) is 24.2. The molecule has 0 radical (unpaired) electrons. The van der Waals surface area contributed by atoms with Gasteiger partial charge in [0.05, 0.1) is 31.8 Å². The van der Waals surface area contributed by atoms with Crippen molar-refractivity contribution in [1.82, 2.24) is 0 Å². The summed E-state index contributed by atoms with van der Waals surface area (Å²) < 4.78 is 22.7. The van der Waals surface area contributed by atoms with Gasteiger partial charge in [0.1, 0.15) is 5.76 Å². The van der Waals surface area contributed by atoms with Crippen LogP contribution in [0.1, 0.15) is 37.0 Å². The molecule has 6 nitrogen and oxygen atoms in total. The van der Waals surface area contributed by atoms with Crippen LogP contribution in [0.3, 0.4) is 0 Å². The number of ketones is 1. The minimum atomic E-state index is -0.598. The molecule has 0 bridgehead atoms. The lowest BCUT2D eigenvalue weighted by molar-refractivity contribution is -0.117. The molecule has 2 aromatic carbocycles. The molecule has 32 heavy (non-hydrogen) atoms. The van der Waals surface area contributed by atoms with Gasteiger partial charge >= 0.3 is 5.97 Å². The third kappa shape index (κ3) is 5.48. The fraction of sp³-hybridized carbons (Fsp3) is 0.333. The number of halogens is 1. The topological polar surface area (TPSA) is 71.1 Å². The SMILES string of the molecule is COc1cc(C(=O)OC2=C(Sc3ccc(Br)cc3)C(=O)CC(C)(C)C2)cc(OC)c1OC. The highest BCUT2D eigenvalue weighted by Gasteiger charge is 2.36. The van der Waals surface area contributed by atoms with E-state index in [-0.39, 0.29) is 16.8 Å². The number of Topliss-reactive ketones (excluding diaryl/α,β-unsaturated/α-hetero) is 1. The highest BCUT2D eigenvalue weighted by molar-refractivity contribution is 9.10. The molecule has 2 aromatic rings. The predicted octanol–water partition coefficient (Wildman–Crippen LogP) is 6.02. The molecule has 0 spiro atoms. The van der Waals surface area contributed by atoms with Crippen LogP contribution < -0.4 is 14.2 Å². The number of carbonyl (C=O) groups is 2. The number of esters is 1. The Morgan fingerprint density at radius 2 is 1.56 bits per heavy atom. The van der Waals surface area contributed by atoms with Crippen LogP contribution in [0.2, 0.25) is 0 Å². The van der Waals surface area contributed by atoms with E-state index in [1.54, 1.807) is 0 Å². The van der Waals surface area contributed by atoms with Gasteiger partial charge in [0.15, 0.2) is 17.3 Å². The molecule has 0 atom stereocenters. The van der Waals surface area contributed by atoms with E-state index in [2.05, 4.69) is 15.9 Å². The number of allylic oxidation sites excluding steroid dienone is 2. The first-order chi connectivity index (χ1) is 15.2. The van der Waals surface area contributed by atoms with Crippen molar-refractivity contribution in [3.05, 3.63) is 57.1 Å². The van der Waals surface area contributed by atoms with Gasteiger partial charge < -0.3 is 18.9 Å². The monoisotopic (exact) mass is 520 g/mol. The van der Waals surface area contributed by atoms with Crippen LogP contribution in [0.15, 0.2) is 56.4 Å². The summed E-state index contributed by atoms with van der Waals surface area (Å²) in [5.41, 5.74) is -0.0815. The zero-order valence-electron chi connectivity index (χ0n) is 18.6. The van der Waals surface area contributed by atoms with E-state index >= 15 is 0 Å². The number of methoxy groups -OCH3 is 3. The molecule has 0 saturated heterocycles. The second kappa shape index (κ2) is 10.0. The third-order valence-electron chi connectivity index (χ3n) is 4.93. The summed E-state index contributed by atoms with van der Waals surface area (Å²) in [6.07, 6.45) is 0.852. The van der Waals surface area contributed by atoms with Crippen molar-refractivity contribution in [2.45, 2.75) is 31.6 Å². The van der Waals surface area contributed by atoms with Crippen LogP contribution in [-0.2, 0) is 9.53 Å². The van der Waals surface area contributed by atoms with Crippen LogP contribution >= 0.6 is 27.7 Å². The summed E-state index contributed by atoms with van der Waals surface area (Å²) in [7, 11) is 4.44. The average molecular weight is 521 g/mol. The van der Waals surface area contributed by atoms with Crippen LogP contribution in [0.25, 0.3) is 0 Å². The molecule has 0 heterocycles. The number of benzene rings is 2. The van der Waals surface area contributed by atoms with E-state index in [0.717, 1.165) is 9.37 Å². The fourth-order valence-corrected chi connectivity index (χ4v) is 4.62. The number of hydrogen-bond acceptors (Lipinski definition) is 7. The van der Waals surface area contributed by atoms with Gasteiger partial charge in [0, 0.05) is 22.2 Å². The van der Waals surface area contributed by atoms with E-state index in [0.29, 0.717) is 40.8 Å². The summed E-state index contributed by atoms with van der Waals surface area (Å²) in [6.45, 7) is 3.97. The Balaban J connectivity index is 1.97. The molecule has 1 aliphatic rings. The summed E-state index contributed by atoms with van der Waals surface area (Å²) in [5, 5.41) is 0. The number of carbonyl (C=O) groups excluding carboxylic acids is 2. The number of hydrogen-bond donors (Lipinski definition) is 0. The fourth-order valence-electron chi connectivity index (χ4n) is 3.43.